The van der Waals surface area contributed by atoms with Crippen LogP contribution in [0.15, 0.2) is 0 Å². The van der Waals surface area contributed by atoms with Crippen molar-refractivity contribution < 1.29 is 9.84 Å². The second kappa shape index (κ2) is 9.77. The molecule has 7 rings (SSSR count). The van der Waals surface area contributed by atoms with Gasteiger partial charge >= 0.3 is 0 Å². The first-order chi connectivity index (χ1) is 19.3. The van der Waals surface area contributed by atoms with Crippen LogP contribution in [0.1, 0.15) is 67.0 Å². The van der Waals surface area contributed by atoms with E-state index in [9.17, 15) is 5.11 Å². The molecule has 0 aromatic carbocycles. The zero-order valence-corrected chi connectivity index (χ0v) is 24.5. The van der Waals surface area contributed by atoms with Crippen LogP contribution < -0.4 is 10.2 Å². The smallest absolute Gasteiger partial charge is 0.158 e. The number of nitrogens with one attached hydrogen (secondary N) is 1. The summed E-state index contributed by atoms with van der Waals surface area (Å²) in [6.07, 6.45) is 8.66. The molecule has 3 atom stereocenters. The molecule has 1 saturated heterocycles. The van der Waals surface area contributed by atoms with Gasteiger partial charge in [0.25, 0.3) is 0 Å². The lowest BCUT2D eigenvalue weighted by Crippen LogP contribution is -2.56. The highest BCUT2D eigenvalue weighted by Crippen LogP contribution is 2.50. The molecule has 3 aromatic rings. The molecule has 5 heterocycles. The van der Waals surface area contributed by atoms with Crippen molar-refractivity contribution in [2.75, 3.05) is 37.8 Å². The lowest BCUT2D eigenvalue weighted by atomic mass is 9.60. The fourth-order valence-electron chi connectivity index (χ4n) is 8.18. The van der Waals surface area contributed by atoms with Gasteiger partial charge in [0.15, 0.2) is 5.82 Å². The Hall–Kier alpha value is -2.56. The Bertz CT molecular complexity index is 1420. The first-order valence-electron chi connectivity index (χ1n) is 15.2. The van der Waals surface area contributed by atoms with E-state index in [1.807, 2.05) is 25.6 Å². The van der Waals surface area contributed by atoms with Crippen LogP contribution in [0.4, 0.5) is 5.82 Å². The first kappa shape index (κ1) is 26.3. The van der Waals surface area contributed by atoms with Crippen molar-refractivity contribution in [3.63, 3.8) is 0 Å². The molecule has 2 bridgehead atoms. The van der Waals surface area contributed by atoms with Crippen LogP contribution in [0, 0.1) is 37.5 Å². The number of ether oxygens (including phenoxy) is 1. The number of rotatable bonds is 7. The van der Waals surface area contributed by atoms with Gasteiger partial charge in [0, 0.05) is 56.9 Å². The van der Waals surface area contributed by atoms with E-state index in [4.69, 9.17) is 19.8 Å². The first-order valence-corrected chi connectivity index (χ1v) is 15.2. The molecule has 2 aliphatic heterocycles. The van der Waals surface area contributed by atoms with Gasteiger partial charge in [0.05, 0.1) is 36.6 Å². The molecule has 3 aromatic heterocycles. The van der Waals surface area contributed by atoms with Crippen LogP contribution in [0.25, 0.3) is 11.0 Å². The minimum absolute atomic E-state index is 0.0610. The summed E-state index contributed by atoms with van der Waals surface area (Å²) in [5, 5.41) is 23.5. The van der Waals surface area contributed by atoms with Gasteiger partial charge in [-0.1, -0.05) is 6.42 Å². The maximum Gasteiger partial charge on any atom is 0.158 e. The topological polar surface area (TPSA) is 106 Å². The van der Waals surface area contributed by atoms with Crippen molar-refractivity contribution in [3.8, 4) is 0 Å². The summed E-state index contributed by atoms with van der Waals surface area (Å²) in [6, 6.07) is 0.558. The number of aryl methyl sites for hydroxylation is 4. The average molecular weight is 549 g/mol. The van der Waals surface area contributed by atoms with Crippen LogP contribution >= 0.6 is 0 Å². The fourth-order valence-corrected chi connectivity index (χ4v) is 8.18. The second-order valence-electron chi connectivity index (χ2n) is 13.4. The molecule has 40 heavy (non-hydrogen) atoms. The molecule has 216 valence electrons. The van der Waals surface area contributed by atoms with Gasteiger partial charge in [0.1, 0.15) is 16.9 Å². The van der Waals surface area contributed by atoms with Gasteiger partial charge in [-0.3, -0.25) is 9.36 Å². The molecular weight excluding hydrogens is 504 g/mol. The number of anilines is 1. The third kappa shape index (κ3) is 4.34. The standard InChI is InChI=1S/C30H44N8O2/c1-19-23-13-37(28-27-26(32-21(3)33-28)20(2)34-36(27)4)11-8-25(23)38(35-19)15-29-9-5-6-22(12-29)24(7-10-29)31-14-30(16-39)17-40-18-30/h22,24,31,39H,5-18H2,1-4H3. The Kier molecular flexibility index (Phi) is 6.44. The number of nitrogens with zero attached hydrogens (tertiary/aromatic N) is 7. The van der Waals surface area contributed by atoms with Gasteiger partial charge in [0.2, 0.25) is 0 Å². The minimum Gasteiger partial charge on any atom is -0.396 e. The summed E-state index contributed by atoms with van der Waals surface area (Å²) in [5.41, 5.74) is 7.14. The highest BCUT2D eigenvalue weighted by atomic mass is 16.5. The number of hydrogen-bond acceptors (Lipinski definition) is 8. The molecular formula is C30H44N8O2. The quantitative estimate of drug-likeness (QED) is 0.464. The summed E-state index contributed by atoms with van der Waals surface area (Å²) in [7, 11) is 1.99. The van der Waals surface area contributed by atoms with E-state index in [0.29, 0.717) is 30.6 Å². The Balaban J connectivity index is 1.08. The van der Waals surface area contributed by atoms with E-state index in [1.54, 1.807) is 0 Å². The molecule has 10 heteroatoms. The van der Waals surface area contributed by atoms with Gasteiger partial charge < -0.3 is 20.1 Å². The number of aromatic nitrogens is 6. The normalized spacial score (nSPS) is 27.6. The van der Waals surface area contributed by atoms with Crippen LogP contribution in [-0.2, 0) is 31.3 Å². The Labute approximate surface area is 236 Å². The van der Waals surface area contributed by atoms with Crippen molar-refractivity contribution in [2.24, 2.45) is 23.8 Å². The lowest BCUT2D eigenvalue weighted by molar-refractivity contribution is -0.136. The molecule has 0 amide bonds. The van der Waals surface area contributed by atoms with Crippen molar-refractivity contribution >= 4 is 16.9 Å². The number of aliphatic hydroxyl groups excluding tert-OH is 1. The largest absolute Gasteiger partial charge is 0.396 e. The summed E-state index contributed by atoms with van der Waals surface area (Å²) < 4.78 is 9.74. The summed E-state index contributed by atoms with van der Waals surface area (Å²) in [5.74, 6) is 2.49. The van der Waals surface area contributed by atoms with Crippen molar-refractivity contribution in [1.82, 2.24) is 34.8 Å². The predicted octanol–water partition coefficient (Wildman–Crippen LogP) is 2.99. The Morgan fingerprint density at radius 2 is 1.93 bits per heavy atom. The predicted molar refractivity (Wildman–Crippen MR) is 153 cm³/mol. The number of aliphatic hydroxyl groups is 1. The van der Waals surface area contributed by atoms with Crippen molar-refractivity contribution in [1.29, 1.82) is 0 Å². The maximum atomic E-state index is 9.86. The van der Waals surface area contributed by atoms with E-state index >= 15 is 0 Å². The maximum absolute atomic E-state index is 9.86. The number of hydrogen-bond donors (Lipinski definition) is 2. The van der Waals surface area contributed by atoms with Crippen molar-refractivity contribution in [2.45, 2.75) is 84.8 Å². The molecule has 4 aliphatic rings. The Morgan fingerprint density at radius 3 is 2.70 bits per heavy atom. The molecule has 2 saturated carbocycles. The van der Waals surface area contributed by atoms with E-state index in [0.717, 1.165) is 66.7 Å². The zero-order chi connectivity index (χ0) is 27.6. The van der Waals surface area contributed by atoms with Gasteiger partial charge in [-0.05, 0) is 64.2 Å². The van der Waals surface area contributed by atoms with Gasteiger partial charge in [-0.25, -0.2) is 9.97 Å². The molecule has 2 N–H and O–H groups in total. The van der Waals surface area contributed by atoms with E-state index < -0.39 is 0 Å². The molecule has 0 radical (unpaired) electrons. The summed E-state index contributed by atoms with van der Waals surface area (Å²) in [4.78, 5) is 12.0. The lowest BCUT2D eigenvalue weighted by Gasteiger charge is -2.50. The number of fused-ring (bicyclic) bond motifs is 4. The van der Waals surface area contributed by atoms with E-state index in [2.05, 4.69) is 26.9 Å². The van der Waals surface area contributed by atoms with Gasteiger partial charge in [-0.15, -0.1) is 0 Å². The van der Waals surface area contributed by atoms with Crippen LogP contribution in [0.2, 0.25) is 0 Å². The Morgan fingerprint density at radius 1 is 1.07 bits per heavy atom. The third-order valence-electron chi connectivity index (χ3n) is 10.5. The molecule has 3 fully saturated rings. The molecule has 10 nitrogen and oxygen atoms in total. The third-order valence-corrected chi connectivity index (χ3v) is 10.5. The monoisotopic (exact) mass is 548 g/mol. The molecule has 2 aliphatic carbocycles. The highest BCUT2D eigenvalue weighted by Gasteiger charge is 2.46. The van der Waals surface area contributed by atoms with Crippen LogP contribution in [-0.4, -0.2) is 73.6 Å². The minimum atomic E-state index is -0.0610. The van der Waals surface area contributed by atoms with Crippen LogP contribution in [0.3, 0.4) is 0 Å². The zero-order valence-electron chi connectivity index (χ0n) is 24.5. The SMILES string of the molecule is Cc1nc(N2CCc3c(c(C)nn3CC34CCCC(C3)C(NCC3(CO)COC3)CC4)C2)c2c(n1)c(C)nn2C. The van der Waals surface area contributed by atoms with Crippen molar-refractivity contribution in [3.05, 3.63) is 28.5 Å². The van der Waals surface area contributed by atoms with Gasteiger partial charge in [-0.2, -0.15) is 10.2 Å². The highest BCUT2D eigenvalue weighted by molar-refractivity contribution is 5.88. The van der Waals surface area contributed by atoms with E-state index in [-0.39, 0.29) is 12.0 Å². The summed E-state index contributed by atoms with van der Waals surface area (Å²) in [6.45, 7) is 11.4. The van der Waals surface area contributed by atoms with E-state index in [1.165, 1.54) is 49.8 Å². The fraction of sp³-hybridized carbons (Fsp3) is 0.733. The van der Waals surface area contributed by atoms with Crippen LogP contribution in [0.5, 0.6) is 0 Å². The molecule has 3 unspecified atom stereocenters. The summed E-state index contributed by atoms with van der Waals surface area (Å²) >= 11 is 0. The molecule has 0 spiro atoms. The average Bonchev–Trinajstić information content (AvgIpc) is 3.38. The second-order valence-corrected chi connectivity index (χ2v) is 13.4.